The second kappa shape index (κ2) is 6.88. The van der Waals surface area contributed by atoms with Gasteiger partial charge in [-0.15, -0.1) is 0 Å². The molecular weight excluding hydrogens is 358 g/mol. The van der Waals surface area contributed by atoms with Gasteiger partial charge in [0.05, 0.1) is 0 Å². The van der Waals surface area contributed by atoms with E-state index in [9.17, 15) is 19.8 Å². The van der Waals surface area contributed by atoms with E-state index in [0.29, 0.717) is 17.3 Å². The number of carbonyl (C=O) groups excluding carboxylic acids is 2. The largest absolute Gasteiger partial charge is 0.507 e. The molecule has 0 aliphatic carbocycles. The van der Waals surface area contributed by atoms with Gasteiger partial charge in [0.25, 0.3) is 5.91 Å². The van der Waals surface area contributed by atoms with E-state index in [1.54, 1.807) is 29.2 Å². The Balaban J connectivity index is 1.56. The summed E-state index contributed by atoms with van der Waals surface area (Å²) in [7, 11) is 0. The maximum Gasteiger partial charge on any atom is 0.342 e. The van der Waals surface area contributed by atoms with Crippen LogP contribution >= 0.6 is 0 Å². The Bertz CT molecular complexity index is 1090. The van der Waals surface area contributed by atoms with E-state index in [0.717, 1.165) is 23.7 Å². The van der Waals surface area contributed by atoms with Gasteiger partial charge in [0.2, 0.25) is 0 Å². The molecule has 1 aliphatic rings. The fourth-order valence-corrected chi connectivity index (χ4v) is 3.56. The second-order valence-corrected chi connectivity index (χ2v) is 6.75. The number of anilines is 1. The van der Waals surface area contributed by atoms with Crippen LogP contribution in [0, 0.1) is 0 Å². The molecule has 1 aliphatic heterocycles. The monoisotopic (exact) mass is 377 g/mol. The second-order valence-electron chi connectivity index (χ2n) is 6.75. The van der Waals surface area contributed by atoms with Gasteiger partial charge >= 0.3 is 5.97 Å². The lowest BCUT2D eigenvalue weighted by Crippen LogP contribution is -2.39. The lowest BCUT2D eigenvalue weighted by atomic mass is 10.0. The molecule has 1 atom stereocenters. The minimum Gasteiger partial charge on any atom is -0.507 e. The van der Waals surface area contributed by atoms with Gasteiger partial charge in [-0.2, -0.15) is 0 Å². The first-order valence-electron chi connectivity index (χ1n) is 9.01. The molecule has 1 heterocycles. The van der Waals surface area contributed by atoms with Crippen LogP contribution in [0.1, 0.15) is 22.8 Å². The van der Waals surface area contributed by atoms with Crippen molar-refractivity contribution in [3.05, 3.63) is 65.7 Å². The number of benzene rings is 3. The van der Waals surface area contributed by atoms with Crippen LogP contribution in [0.4, 0.5) is 5.69 Å². The highest BCUT2D eigenvalue weighted by Crippen LogP contribution is 2.36. The number of carbonyl (C=O) groups is 2. The van der Waals surface area contributed by atoms with E-state index in [1.807, 2.05) is 24.3 Å². The molecule has 142 valence electrons. The first-order chi connectivity index (χ1) is 13.5. The standard InChI is InChI=1S/C22H19NO5/c1-13(21(26)23-11-10-14-6-2-5-9-18(14)23)28-22(27)17-12-19(24)15-7-3-4-8-16(15)20(17)25/h2-9,12-13,24-25H,10-11H2,1H3/t13-/m1/s1. The Hall–Kier alpha value is -3.54. The number of hydrogen-bond donors (Lipinski definition) is 2. The first-order valence-corrected chi connectivity index (χ1v) is 9.01. The summed E-state index contributed by atoms with van der Waals surface area (Å²) in [6.07, 6.45) is -0.284. The number of phenolic OH excluding ortho intramolecular Hbond substituents is 2. The molecule has 3 aromatic rings. The molecule has 0 bridgehead atoms. The van der Waals surface area contributed by atoms with Gasteiger partial charge in [-0.25, -0.2) is 4.79 Å². The van der Waals surface area contributed by atoms with Crippen LogP contribution in [0.15, 0.2) is 54.6 Å². The maximum absolute atomic E-state index is 12.8. The van der Waals surface area contributed by atoms with Crippen molar-refractivity contribution in [2.45, 2.75) is 19.4 Å². The summed E-state index contributed by atoms with van der Waals surface area (Å²) >= 11 is 0. The van der Waals surface area contributed by atoms with Crippen LogP contribution in [0.2, 0.25) is 0 Å². The van der Waals surface area contributed by atoms with Crippen molar-refractivity contribution >= 4 is 28.3 Å². The summed E-state index contributed by atoms with van der Waals surface area (Å²) in [5, 5.41) is 21.3. The van der Waals surface area contributed by atoms with E-state index in [4.69, 9.17) is 4.74 Å². The van der Waals surface area contributed by atoms with Crippen molar-refractivity contribution in [1.82, 2.24) is 0 Å². The van der Waals surface area contributed by atoms with E-state index >= 15 is 0 Å². The average molecular weight is 377 g/mol. The van der Waals surface area contributed by atoms with Crippen LogP contribution in [0.5, 0.6) is 11.5 Å². The SMILES string of the molecule is C[C@@H](OC(=O)c1cc(O)c2ccccc2c1O)C(=O)N1CCc2ccccc21. The summed E-state index contributed by atoms with van der Waals surface area (Å²) in [6, 6.07) is 15.4. The molecular formula is C22H19NO5. The molecule has 1 amide bonds. The highest BCUT2D eigenvalue weighted by molar-refractivity contribution is 6.05. The van der Waals surface area contributed by atoms with Crippen LogP contribution in [-0.2, 0) is 16.0 Å². The highest BCUT2D eigenvalue weighted by atomic mass is 16.5. The first kappa shape index (κ1) is 17.9. The summed E-state index contributed by atoms with van der Waals surface area (Å²) < 4.78 is 5.31. The number of amides is 1. The van der Waals surface area contributed by atoms with E-state index < -0.39 is 12.1 Å². The zero-order valence-electron chi connectivity index (χ0n) is 15.3. The van der Waals surface area contributed by atoms with Crippen LogP contribution in [0.25, 0.3) is 10.8 Å². The topological polar surface area (TPSA) is 87.1 Å². The Labute approximate surface area is 161 Å². The molecule has 2 N–H and O–H groups in total. The highest BCUT2D eigenvalue weighted by Gasteiger charge is 2.30. The molecule has 6 heteroatoms. The number of esters is 1. The molecule has 0 unspecified atom stereocenters. The molecule has 6 nitrogen and oxygen atoms in total. The quantitative estimate of drug-likeness (QED) is 0.540. The lowest BCUT2D eigenvalue weighted by molar-refractivity contribution is -0.126. The number of para-hydroxylation sites is 1. The molecule has 0 spiro atoms. The van der Waals surface area contributed by atoms with Crippen molar-refractivity contribution in [1.29, 1.82) is 0 Å². The number of hydrogen-bond acceptors (Lipinski definition) is 5. The molecule has 3 aromatic carbocycles. The van der Waals surface area contributed by atoms with E-state index in [2.05, 4.69) is 0 Å². The summed E-state index contributed by atoms with van der Waals surface area (Å²) in [5.41, 5.74) is 1.71. The Morgan fingerprint density at radius 1 is 1.04 bits per heavy atom. The van der Waals surface area contributed by atoms with Crippen molar-refractivity contribution in [2.75, 3.05) is 11.4 Å². The van der Waals surface area contributed by atoms with Gasteiger partial charge in [-0.3, -0.25) is 4.79 Å². The van der Waals surface area contributed by atoms with Crippen molar-refractivity contribution in [2.24, 2.45) is 0 Å². The normalized spacial score (nSPS) is 14.0. The van der Waals surface area contributed by atoms with Gasteiger partial charge in [-0.1, -0.05) is 42.5 Å². The molecule has 0 radical (unpaired) electrons. The lowest BCUT2D eigenvalue weighted by Gasteiger charge is -2.22. The molecule has 4 rings (SSSR count). The van der Waals surface area contributed by atoms with Crippen molar-refractivity contribution in [3.8, 4) is 11.5 Å². The van der Waals surface area contributed by atoms with Gasteiger partial charge < -0.3 is 19.8 Å². The minimum absolute atomic E-state index is 0.146. The number of phenols is 2. The Kier molecular flexibility index (Phi) is 4.39. The molecule has 0 fully saturated rings. The third-order valence-electron chi connectivity index (χ3n) is 5.00. The van der Waals surface area contributed by atoms with Gasteiger partial charge in [0, 0.05) is 23.0 Å². The summed E-state index contributed by atoms with van der Waals surface area (Å²) in [4.78, 5) is 27.0. The molecule has 0 aromatic heterocycles. The van der Waals surface area contributed by atoms with E-state index in [-0.39, 0.29) is 23.0 Å². The maximum atomic E-state index is 12.8. The predicted octanol–water partition coefficient (Wildman–Crippen LogP) is 3.39. The molecule has 0 saturated heterocycles. The van der Waals surface area contributed by atoms with Gasteiger partial charge in [-0.05, 0) is 31.0 Å². The smallest absolute Gasteiger partial charge is 0.342 e. The summed E-state index contributed by atoms with van der Waals surface area (Å²) in [6.45, 7) is 2.03. The number of nitrogens with zero attached hydrogens (tertiary/aromatic N) is 1. The molecule has 0 saturated carbocycles. The third kappa shape index (κ3) is 2.93. The summed E-state index contributed by atoms with van der Waals surface area (Å²) in [5.74, 6) is -1.63. The minimum atomic E-state index is -1.04. The van der Waals surface area contributed by atoms with Crippen molar-refractivity contribution < 1.29 is 24.5 Å². The third-order valence-corrected chi connectivity index (χ3v) is 5.00. The van der Waals surface area contributed by atoms with Crippen LogP contribution in [-0.4, -0.2) is 34.7 Å². The number of ether oxygens (including phenoxy) is 1. The zero-order chi connectivity index (χ0) is 19.8. The van der Waals surface area contributed by atoms with Gasteiger partial charge in [0.1, 0.15) is 17.1 Å². The van der Waals surface area contributed by atoms with Crippen LogP contribution < -0.4 is 4.90 Å². The number of aromatic hydroxyl groups is 2. The zero-order valence-corrected chi connectivity index (χ0v) is 15.3. The predicted molar refractivity (Wildman–Crippen MR) is 105 cm³/mol. The number of fused-ring (bicyclic) bond motifs is 2. The number of rotatable bonds is 3. The van der Waals surface area contributed by atoms with Crippen LogP contribution in [0.3, 0.4) is 0 Å². The average Bonchev–Trinajstić information content (AvgIpc) is 3.14. The van der Waals surface area contributed by atoms with E-state index in [1.165, 1.54) is 6.92 Å². The fraction of sp³-hybridized carbons (Fsp3) is 0.182. The Morgan fingerprint density at radius 3 is 2.50 bits per heavy atom. The van der Waals surface area contributed by atoms with Gasteiger partial charge in [0.15, 0.2) is 6.10 Å². The van der Waals surface area contributed by atoms with Crippen molar-refractivity contribution in [3.63, 3.8) is 0 Å². The Morgan fingerprint density at radius 2 is 1.71 bits per heavy atom. The fourth-order valence-electron chi connectivity index (χ4n) is 3.56. The molecule has 28 heavy (non-hydrogen) atoms.